The highest BCUT2D eigenvalue weighted by molar-refractivity contribution is 5.79. The molecule has 0 unspecified atom stereocenters. The molecule has 1 aliphatic rings. The molecule has 2 amide bonds. The number of nitrogens with zero attached hydrogens (tertiary/aromatic N) is 1. The number of benzene rings is 1. The highest BCUT2D eigenvalue weighted by Gasteiger charge is 2.30. The summed E-state index contributed by atoms with van der Waals surface area (Å²) in [5.41, 5.74) is -0.383. The van der Waals surface area contributed by atoms with E-state index in [0.717, 1.165) is 12.1 Å². The maximum Gasteiger partial charge on any atom is 0.306 e. The molecule has 26 heavy (non-hydrogen) atoms. The van der Waals surface area contributed by atoms with Gasteiger partial charge in [-0.05, 0) is 12.1 Å². The first-order valence-corrected chi connectivity index (χ1v) is 8.10. The first-order valence-electron chi connectivity index (χ1n) is 8.10. The first-order chi connectivity index (χ1) is 12.3. The van der Waals surface area contributed by atoms with Crippen molar-refractivity contribution in [3.05, 3.63) is 35.4 Å². The number of carbonyl (C=O) groups excluding carboxylic acids is 2. The maximum absolute atomic E-state index is 14.0. The first kappa shape index (κ1) is 19.8. The molecule has 1 saturated heterocycles. The van der Waals surface area contributed by atoms with E-state index >= 15 is 0 Å². The number of aliphatic carboxylic acids is 1. The van der Waals surface area contributed by atoms with Gasteiger partial charge in [0.25, 0.3) is 0 Å². The van der Waals surface area contributed by atoms with E-state index in [1.807, 2.05) is 0 Å². The molecule has 142 valence electrons. The van der Waals surface area contributed by atoms with Crippen molar-refractivity contribution in [3.8, 4) is 0 Å². The molecule has 0 aliphatic carbocycles. The lowest BCUT2D eigenvalue weighted by atomic mass is 10.0. The van der Waals surface area contributed by atoms with Crippen molar-refractivity contribution in [2.45, 2.75) is 31.9 Å². The van der Waals surface area contributed by atoms with Crippen LogP contribution in [0, 0.1) is 11.6 Å². The number of amides is 2. The molecule has 0 saturated carbocycles. The number of hydrogen-bond donors (Lipinski definition) is 2. The van der Waals surface area contributed by atoms with Gasteiger partial charge < -0.3 is 20.1 Å². The fourth-order valence-corrected chi connectivity index (χ4v) is 2.88. The van der Waals surface area contributed by atoms with Crippen molar-refractivity contribution in [2.75, 3.05) is 19.7 Å². The van der Waals surface area contributed by atoms with E-state index in [2.05, 4.69) is 5.32 Å². The van der Waals surface area contributed by atoms with Crippen LogP contribution in [0.2, 0.25) is 0 Å². The number of morpholine rings is 1. The van der Waals surface area contributed by atoms with E-state index in [1.54, 1.807) is 0 Å². The van der Waals surface area contributed by atoms with Gasteiger partial charge in [-0.25, -0.2) is 8.78 Å². The predicted molar refractivity (Wildman–Crippen MR) is 86.1 cm³/mol. The highest BCUT2D eigenvalue weighted by Crippen LogP contribution is 2.25. The Balaban J connectivity index is 2.14. The fraction of sp³-hybridized carbons (Fsp3) is 0.471. The zero-order valence-electron chi connectivity index (χ0n) is 14.2. The molecule has 1 aliphatic heterocycles. The number of carbonyl (C=O) groups is 3. The lowest BCUT2D eigenvalue weighted by Gasteiger charge is -2.33. The lowest BCUT2D eigenvalue weighted by molar-refractivity contribution is -0.148. The summed E-state index contributed by atoms with van der Waals surface area (Å²) in [7, 11) is 0. The second-order valence-corrected chi connectivity index (χ2v) is 6.02. The maximum atomic E-state index is 14.0. The van der Waals surface area contributed by atoms with E-state index < -0.39 is 41.6 Å². The average molecular weight is 370 g/mol. The van der Waals surface area contributed by atoms with Crippen molar-refractivity contribution < 1.29 is 33.0 Å². The summed E-state index contributed by atoms with van der Waals surface area (Å²) in [6, 6.07) is 2.13. The molecule has 1 fully saturated rings. The Morgan fingerprint density at radius 2 is 2.00 bits per heavy atom. The number of nitrogens with one attached hydrogen (secondary N) is 1. The normalized spacial score (nSPS) is 18.3. The molecule has 0 bridgehead atoms. The number of hydrogen-bond acceptors (Lipinski definition) is 4. The van der Waals surface area contributed by atoms with Gasteiger partial charge in [-0.15, -0.1) is 0 Å². The number of rotatable bonds is 6. The minimum absolute atomic E-state index is 0.0671. The summed E-state index contributed by atoms with van der Waals surface area (Å²) in [6.07, 6.45) is -1.24. The van der Waals surface area contributed by atoms with E-state index in [-0.39, 0.29) is 38.1 Å². The summed E-state index contributed by atoms with van der Waals surface area (Å²) < 4.78 is 33.4. The number of carboxylic acids is 1. The smallest absolute Gasteiger partial charge is 0.306 e. The zero-order chi connectivity index (χ0) is 19.3. The van der Waals surface area contributed by atoms with Crippen LogP contribution in [0.3, 0.4) is 0 Å². The van der Waals surface area contributed by atoms with Crippen molar-refractivity contribution in [1.29, 1.82) is 0 Å². The van der Waals surface area contributed by atoms with Gasteiger partial charge in [-0.3, -0.25) is 14.4 Å². The molecule has 0 radical (unpaired) electrons. The van der Waals surface area contributed by atoms with Crippen LogP contribution in [0.5, 0.6) is 0 Å². The van der Waals surface area contributed by atoms with Crippen LogP contribution in [0.4, 0.5) is 8.78 Å². The largest absolute Gasteiger partial charge is 0.481 e. The SMILES string of the molecule is CC(=O)N[C@@H](CC(=O)N1CCO[C@@H](CC(=O)O)C1)c1c(F)cccc1F. The van der Waals surface area contributed by atoms with Crippen LogP contribution in [-0.4, -0.2) is 53.6 Å². The van der Waals surface area contributed by atoms with E-state index in [9.17, 15) is 23.2 Å². The molecule has 0 aromatic heterocycles. The second kappa shape index (κ2) is 8.70. The second-order valence-electron chi connectivity index (χ2n) is 6.02. The molecular formula is C17H20F2N2O5. The fourth-order valence-electron chi connectivity index (χ4n) is 2.88. The molecule has 0 spiro atoms. The number of carboxylic acid groups (broad SMARTS) is 1. The van der Waals surface area contributed by atoms with Crippen LogP contribution in [-0.2, 0) is 19.1 Å². The Bertz CT molecular complexity index is 677. The van der Waals surface area contributed by atoms with Crippen molar-refractivity contribution in [1.82, 2.24) is 10.2 Å². The van der Waals surface area contributed by atoms with Gasteiger partial charge in [0.15, 0.2) is 0 Å². The quantitative estimate of drug-likeness (QED) is 0.785. The summed E-state index contributed by atoms with van der Waals surface area (Å²) in [5.74, 6) is -3.75. The topological polar surface area (TPSA) is 95.9 Å². The Labute approximate surface area is 148 Å². The molecule has 1 aromatic carbocycles. The summed E-state index contributed by atoms with van der Waals surface area (Å²) in [6.45, 7) is 1.66. The monoisotopic (exact) mass is 370 g/mol. The van der Waals surface area contributed by atoms with Gasteiger partial charge in [0.2, 0.25) is 11.8 Å². The highest BCUT2D eigenvalue weighted by atomic mass is 19.1. The minimum atomic E-state index is -1.16. The van der Waals surface area contributed by atoms with E-state index in [4.69, 9.17) is 9.84 Å². The van der Waals surface area contributed by atoms with E-state index in [0.29, 0.717) is 0 Å². The van der Waals surface area contributed by atoms with Crippen LogP contribution < -0.4 is 5.32 Å². The Morgan fingerprint density at radius 3 is 2.58 bits per heavy atom. The van der Waals surface area contributed by atoms with Crippen molar-refractivity contribution in [2.24, 2.45) is 0 Å². The molecule has 7 nitrogen and oxygen atoms in total. The minimum Gasteiger partial charge on any atom is -0.481 e. The third-order valence-corrected chi connectivity index (χ3v) is 4.00. The van der Waals surface area contributed by atoms with Gasteiger partial charge >= 0.3 is 5.97 Å². The molecule has 2 rings (SSSR count). The van der Waals surface area contributed by atoms with Gasteiger partial charge in [0, 0.05) is 25.6 Å². The number of halogens is 2. The molecule has 1 heterocycles. The van der Waals surface area contributed by atoms with Gasteiger partial charge in [0.1, 0.15) is 11.6 Å². The van der Waals surface area contributed by atoms with Gasteiger partial charge in [-0.2, -0.15) is 0 Å². The Hall–Kier alpha value is -2.55. The van der Waals surface area contributed by atoms with Crippen molar-refractivity contribution >= 4 is 17.8 Å². The molecule has 9 heteroatoms. The summed E-state index contributed by atoms with van der Waals surface area (Å²) in [4.78, 5) is 36.1. The molecule has 1 aromatic rings. The van der Waals surface area contributed by atoms with Crippen LogP contribution in [0.25, 0.3) is 0 Å². The van der Waals surface area contributed by atoms with Gasteiger partial charge in [-0.1, -0.05) is 6.07 Å². The average Bonchev–Trinajstić information content (AvgIpc) is 2.53. The Morgan fingerprint density at radius 1 is 1.35 bits per heavy atom. The lowest BCUT2D eigenvalue weighted by Crippen LogP contribution is -2.47. The van der Waals surface area contributed by atoms with E-state index in [1.165, 1.54) is 17.9 Å². The summed E-state index contributed by atoms with van der Waals surface area (Å²) in [5, 5.41) is 11.2. The Kier molecular flexibility index (Phi) is 6.62. The summed E-state index contributed by atoms with van der Waals surface area (Å²) >= 11 is 0. The third kappa shape index (κ3) is 5.22. The van der Waals surface area contributed by atoms with Crippen LogP contribution in [0.15, 0.2) is 18.2 Å². The predicted octanol–water partition coefficient (Wildman–Crippen LogP) is 1.23. The van der Waals surface area contributed by atoms with Crippen molar-refractivity contribution in [3.63, 3.8) is 0 Å². The number of ether oxygens (including phenoxy) is 1. The zero-order valence-corrected chi connectivity index (χ0v) is 14.2. The van der Waals surface area contributed by atoms with Crippen LogP contribution >= 0.6 is 0 Å². The molecular weight excluding hydrogens is 350 g/mol. The van der Waals surface area contributed by atoms with Crippen LogP contribution in [0.1, 0.15) is 31.4 Å². The third-order valence-electron chi connectivity index (χ3n) is 4.00. The van der Waals surface area contributed by atoms with Gasteiger partial charge in [0.05, 0.1) is 31.6 Å². The molecule has 2 atom stereocenters. The standard InChI is InChI=1S/C17H20F2N2O5/c1-10(22)20-14(17-12(18)3-2-4-13(17)19)8-15(23)21-5-6-26-11(9-21)7-16(24)25/h2-4,11,14H,5-9H2,1H3,(H,20,22)(H,24,25)/t11-,14-/m0/s1. The molecule has 2 N–H and O–H groups in total.